The molecule has 0 saturated carbocycles. The van der Waals surface area contributed by atoms with Crippen molar-refractivity contribution in [3.8, 4) is 11.5 Å². The van der Waals surface area contributed by atoms with Gasteiger partial charge in [-0.1, -0.05) is 6.08 Å². The number of ether oxygens (including phenoxy) is 3. The zero-order chi connectivity index (χ0) is 24.5. The fraction of sp³-hybridized carbons (Fsp3) is 0.500. The molecule has 1 aliphatic rings. The van der Waals surface area contributed by atoms with Gasteiger partial charge in [-0.05, 0) is 61.5 Å². The van der Waals surface area contributed by atoms with E-state index in [1.54, 1.807) is 24.5 Å². The van der Waals surface area contributed by atoms with Crippen LogP contribution in [0.3, 0.4) is 0 Å². The van der Waals surface area contributed by atoms with Crippen LogP contribution in [0.1, 0.15) is 30.3 Å². The number of carbonyl (C=O) groups excluding carboxylic acids is 1. The number of fused-ring (bicyclic) bond motifs is 1. The molecule has 8 heteroatoms. The van der Waals surface area contributed by atoms with Gasteiger partial charge < -0.3 is 24.2 Å². The molecule has 2 aromatic rings. The Morgan fingerprint density at radius 3 is 2.71 bits per heavy atom. The van der Waals surface area contributed by atoms with Gasteiger partial charge in [-0.25, -0.2) is 0 Å². The normalized spacial score (nSPS) is 16.4. The molecule has 2 atom stereocenters. The number of nitrogens with zero attached hydrogens (tertiary/aromatic N) is 2. The summed E-state index contributed by atoms with van der Waals surface area (Å²) in [6, 6.07) is 9.39. The van der Waals surface area contributed by atoms with Crippen molar-refractivity contribution < 1.29 is 24.1 Å². The van der Waals surface area contributed by atoms with Gasteiger partial charge in [0.05, 0.1) is 38.5 Å². The van der Waals surface area contributed by atoms with Crippen molar-refractivity contribution in [2.45, 2.75) is 38.5 Å². The summed E-state index contributed by atoms with van der Waals surface area (Å²) in [5.74, 6) is 1.52. The van der Waals surface area contributed by atoms with Crippen LogP contribution in [0.5, 0.6) is 11.5 Å². The van der Waals surface area contributed by atoms with Crippen molar-refractivity contribution in [3.63, 3.8) is 0 Å². The lowest BCUT2D eigenvalue weighted by molar-refractivity contribution is -0.136. The van der Waals surface area contributed by atoms with E-state index in [1.807, 2.05) is 47.9 Å². The zero-order valence-electron chi connectivity index (χ0n) is 20.3. The predicted octanol–water partition coefficient (Wildman–Crippen LogP) is 3.54. The Bertz CT molecular complexity index is 914. The monoisotopic (exact) mass is 488 g/mol. The Morgan fingerprint density at radius 2 is 2.03 bits per heavy atom. The Hall–Kier alpha value is -2.39. The van der Waals surface area contributed by atoms with Gasteiger partial charge in [0.2, 0.25) is 5.91 Å². The van der Waals surface area contributed by atoms with E-state index < -0.39 is 6.10 Å². The molecular weight excluding hydrogens is 452 g/mol. The van der Waals surface area contributed by atoms with E-state index in [0.717, 1.165) is 23.5 Å². The first-order valence-electron chi connectivity index (χ1n) is 11.7. The van der Waals surface area contributed by atoms with Gasteiger partial charge in [0.15, 0.2) is 0 Å². The second-order valence-electron chi connectivity index (χ2n) is 8.66. The van der Waals surface area contributed by atoms with Crippen molar-refractivity contribution in [2.75, 3.05) is 46.5 Å². The Kier molecular flexibility index (Phi) is 9.95. The third kappa shape index (κ3) is 7.30. The average molecular weight is 489 g/mol. The summed E-state index contributed by atoms with van der Waals surface area (Å²) in [5.41, 5.74) is 1.15. The highest BCUT2D eigenvalue weighted by Crippen LogP contribution is 2.34. The second-order valence-corrected chi connectivity index (χ2v) is 9.66. The van der Waals surface area contributed by atoms with E-state index in [4.69, 9.17) is 14.2 Å². The minimum absolute atomic E-state index is 0.0130. The second kappa shape index (κ2) is 12.9. The topological polar surface area (TPSA) is 71.5 Å². The minimum Gasteiger partial charge on any atom is -0.497 e. The van der Waals surface area contributed by atoms with Crippen LogP contribution in [0.15, 0.2) is 48.4 Å². The molecule has 1 aromatic heterocycles. The maximum atomic E-state index is 13.4. The van der Waals surface area contributed by atoms with Gasteiger partial charge in [-0.3, -0.25) is 9.69 Å². The number of rotatable bonds is 13. The van der Waals surface area contributed by atoms with Crippen LogP contribution < -0.4 is 9.47 Å². The molecule has 2 heterocycles. The Labute approximate surface area is 206 Å². The molecule has 1 amide bonds. The van der Waals surface area contributed by atoms with E-state index >= 15 is 0 Å². The molecule has 3 rings (SSSR count). The number of hydrogen-bond acceptors (Lipinski definition) is 7. The maximum absolute atomic E-state index is 13.4. The molecule has 0 aliphatic carbocycles. The molecule has 0 spiro atoms. The average Bonchev–Trinajstić information content (AvgIpc) is 3.30. The summed E-state index contributed by atoms with van der Waals surface area (Å²) < 4.78 is 16.8. The van der Waals surface area contributed by atoms with Gasteiger partial charge in [0, 0.05) is 24.5 Å². The van der Waals surface area contributed by atoms with Crippen molar-refractivity contribution >= 4 is 17.2 Å². The fourth-order valence-corrected chi connectivity index (χ4v) is 4.97. The smallest absolute Gasteiger partial charge is 0.237 e. The SMILES string of the molecule is C=CCN(CC(=O)N1CCc2sccc2[C@H]1COc1ccc(OC)cc1)C[C@@H](O)COC(C)C. The summed E-state index contributed by atoms with van der Waals surface area (Å²) in [7, 11) is 1.63. The number of hydrogen-bond donors (Lipinski definition) is 1. The number of amides is 1. The van der Waals surface area contributed by atoms with E-state index in [1.165, 1.54) is 4.88 Å². The first-order chi connectivity index (χ1) is 16.4. The fourth-order valence-electron chi connectivity index (χ4n) is 4.04. The minimum atomic E-state index is -0.672. The third-order valence-corrected chi connectivity index (χ3v) is 6.72. The third-order valence-electron chi connectivity index (χ3n) is 5.72. The van der Waals surface area contributed by atoms with E-state index in [0.29, 0.717) is 26.2 Å². The predicted molar refractivity (Wildman–Crippen MR) is 135 cm³/mol. The van der Waals surface area contributed by atoms with Crippen molar-refractivity contribution in [1.82, 2.24) is 9.80 Å². The number of methoxy groups -OCH3 is 1. The molecular formula is C26H36N2O5S. The van der Waals surface area contributed by atoms with Crippen molar-refractivity contribution in [3.05, 3.63) is 58.8 Å². The van der Waals surface area contributed by atoms with Gasteiger partial charge >= 0.3 is 0 Å². The molecule has 186 valence electrons. The quantitative estimate of drug-likeness (QED) is 0.435. The van der Waals surface area contributed by atoms with Crippen LogP contribution in [0.2, 0.25) is 0 Å². The molecule has 1 aliphatic heterocycles. The van der Waals surface area contributed by atoms with Crippen LogP contribution in [-0.2, 0) is 16.0 Å². The highest BCUT2D eigenvalue weighted by Gasteiger charge is 2.33. The number of aliphatic hydroxyl groups is 1. The summed E-state index contributed by atoms with van der Waals surface area (Å²) in [6.07, 6.45) is 1.96. The molecule has 0 saturated heterocycles. The summed E-state index contributed by atoms with van der Waals surface area (Å²) in [4.78, 5) is 18.6. The van der Waals surface area contributed by atoms with Crippen LogP contribution in [0.25, 0.3) is 0 Å². The van der Waals surface area contributed by atoms with Crippen LogP contribution >= 0.6 is 11.3 Å². The standard InChI is InChI=1S/C26H36N2O5S/c1-5-12-27(15-20(29)17-32-19(2)3)16-26(30)28-13-10-25-23(11-14-34-25)24(28)18-33-22-8-6-21(31-4)7-9-22/h5-9,11,14,19-20,24,29H,1,10,12-13,15-18H2,2-4H3/t20-,24-/m1/s1. The number of carbonyl (C=O) groups is 1. The zero-order valence-corrected chi connectivity index (χ0v) is 21.1. The Balaban J connectivity index is 1.67. The summed E-state index contributed by atoms with van der Waals surface area (Å²) in [6.45, 7) is 9.97. The van der Waals surface area contributed by atoms with E-state index in [2.05, 4.69) is 18.0 Å². The van der Waals surface area contributed by atoms with E-state index in [9.17, 15) is 9.90 Å². The highest BCUT2D eigenvalue weighted by atomic mass is 32.1. The van der Waals surface area contributed by atoms with Gasteiger partial charge in [0.25, 0.3) is 0 Å². The number of benzene rings is 1. The molecule has 0 unspecified atom stereocenters. The van der Waals surface area contributed by atoms with Crippen LogP contribution in [0, 0.1) is 0 Å². The lowest BCUT2D eigenvalue weighted by Crippen LogP contribution is -2.48. The number of aliphatic hydroxyl groups excluding tert-OH is 1. The summed E-state index contributed by atoms with van der Waals surface area (Å²) in [5, 5.41) is 12.4. The van der Waals surface area contributed by atoms with E-state index in [-0.39, 0.29) is 31.2 Å². The largest absolute Gasteiger partial charge is 0.497 e. The highest BCUT2D eigenvalue weighted by molar-refractivity contribution is 7.10. The molecule has 0 bridgehead atoms. The van der Waals surface area contributed by atoms with Crippen molar-refractivity contribution in [2.24, 2.45) is 0 Å². The van der Waals surface area contributed by atoms with Gasteiger partial charge in [-0.2, -0.15) is 0 Å². The lowest BCUT2D eigenvalue weighted by Gasteiger charge is -2.37. The van der Waals surface area contributed by atoms with Crippen LogP contribution in [0.4, 0.5) is 0 Å². The van der Waals surface area contributed by atoms with Gasteiger partial charge in [-0.15, -0.1) is 17.9 Å². The molecule has 0 fully saturated rings. The lowest BCUT2D eigenvalue weighted by atomic mass is 10.0. The molecule has 7 nitrogen and oxygen atoms in total. The van der Waals surface area contributed by atoms with Crippen molar-refractivity contribution in [1.29, 1.82) is 0 Å². The number of thiophene rings is 1. The molecule has 34 heavy (non-hydrogen) atoms. The maximum Gasteiger partial charge on any atom is 0.237 e. The van der Waals surface area contributed by atoms with Gasteiger partial charge in [0.1, 0.15) is 18.1 Å². The molecule has 1 aromatic carbocycles. The summed E-state index contributed by atoms with van der Waals surface area (Å²) >= 11 is 1.73. The first-order valence-corrected chi connectivity index (χ1v) is 12.5. The molecule has 0 radical (unpaired) electrons. The molecule has 1 N–H and O–H groups in total. The van der Waals surface area contributed by atoms with Crippen LogP contribution in [-0.4, -0.2) is 79.5 Å². The first kappa shape index (κ1) is 26.2. The Morgan fingerprint density at radius 1 is 1.29 bits per heavy atom.